The summed E-state index contributed by atoms with van der Waals surface area (Å²) in [6.45, 7) is 0. The van der Waals surface area contributed by atoms with Crippen LogP contribution < -0.4 is 5.46 Å². The molecule has 0 atom stereocenters. The van der Waals surface area contributed by atoms with Crippen LogP contribution >= 0.6 is 0 Å². The quantitative estimate of drug-likeness (QED) is 0.469. The molecule has 0 spiro atoms. The van der Waals surface area contributed by atoms with E-state index in [1.54, 1.807) is 12.1 Å². The van der Waals surface area contributed by atoms with Gasteiger partial charge in [-0.25, -0.2) is 0 Å². The zero-order valence-electron chi connectivity index (χ0n) is 14.5. The minimum absolute atomic E-state index is 0.136. The molecule has 4 aromatic rings. The Kier molecular flexibility index (Phi) is 1.70. The van der Waals surface area contributed by atoms with E-state index in [4.69, 9.17) is 17.7 Å². The van der Waals surface area contributed by atoms with E-state index in [2.05, 4.69) is 0 Å². The van der Waals surface area contributed by atoms with Gasteiger partial charge in [0.15, 0.2) is 0 Å². The largest absolute Gasteiger partial charge is 0.456 e. The first-order chi connectivity index (χ1) is 11.5. The van der Waals surface area contributed by atoms with Crippen molar-refractivity contribution in [2.24, 2.45) is 0 Å². The van der Waals surface area contributed by atoms with Crippen molar-refractivity contribution in [1.29, 1.82) is 0 Å². The van der Waals surface area contributed by atoms with E-state index < -0.39 is 0 Å². The summed E-state index contributed by atoms with van der Waals surface area (Å²) >= 11 is 0. The maximum Gasteiger partial charge on any atom is 0.135 e. The number of para-hydroxylation sites is 1. The number of benzene rings is 3. The van der Waals surface area contributed by atoms with Crippen LogP contribution in [-0.4, -0.2) is 7.85 Å². The molecule has 0 amide bonds. The highest BCUT2D eigenvalue weighted by atomic mass is 16.3. The first kappa shape index (κ1) is 7.96. The molecule has 92 valence electrons. The molecule has 2 radical (unpaired) electrons. The van der Waals surface area contributed by atoms with Crippen LogP contribution in [0.5, 0.6) is 0 Å². The Morgan fingerprint density at radius 1 is 0.800 bits per heavy atom. The fourth-order valence-corrected chi connectivity index (χ4v) is 2.35. The van der Waals surface area contributed by atoms with E-state index in [0.717, 1.165) is 16.4 Å². The average Bonchev–Trinajstić information content (AvgIpc) is 2.96. The van der Waals surface area contributed by atoms with Gasteiger partial charge in [0.25, 0.3) is 0 Å². The van der Waals surface area contributed by atoms with Crippen LogP contribution in [0.15, 0.2) is 71.1 Å². The van der Waals surface area contributed by atoms with Gasteiger partial charge in [0.05, 0.1) is 5.48 Å². The van der Waals surface area contributed by atoms with Crippen LogP contribution in [0.3, 0.4) is 0 Å². The van der Waals surface area contributed by atoms with Crippen molar-refractivity contribution >= 4 is 35.2 Å². The molecule has 1 heterocycles. The summed E-state index contributed by atoms with van der Waals surface area (Å²) in [5.74, 6) is 0. The van der Waals surface area contributed by atoms with Gasteiger partial charge in [-0.2, -0.15) is 0 Å². The van der Waals surface area contributed by atoms with Crippen molar-refractivity contribution in [3.8, 4) is 11.1 Å². The molecule has 0 unspecified atom stereocenters. The molecule has 20 heavy (non-hydrogen) atoms. The van der Waals surface area contributed by atoms with E-state index in [1.807, 2.05) is 30.3 Å². The van der Waals surface area contributed by atoms with Crippen molar-refractivity contribution in [1.82, 2.24) is 0 Å². The van der Waals surface area contributed by atoms with Gasteiger partial charge in [0.2, 0.25) is 0 Å². The maximum absolute atomic E-state index is 8.15. The molecule has 0 N–H and O–H groups in total. The molecule has 4 rings (SSSR count). The number of hydrogen-bond acceptors (Lipinski definition) is 1. The van der Waals surface area contributed by atoms with E-state index in [0.29, 0.717) is 11.1 Å². The van der Waals surface area contributed by atoms with Gasteiger partial charge < -0.3 is 4.42 Å². The van der Waals surface area contributed by atoms with Crippen molar-refractivity contribution in [3.63, 3.8) is 0 Å². The van der Waals surface area contributed by atoms with Gasteiger partial charge in [-0.3, -0.25) is 0 Å². The molecule has 0 aliphatic rings. The maximum atomic E-state index is 8.15. The Morgan fingerprint density at radius 2 is 1.55 bits per heavy atom. The minimum Gasteiger partial charge on any atom is -0.456 e. The molecule has 0 aliphatic carbocycles. The predicted octanol–water partition coefficient (Wildman–Crippen LogP) is 4.05. The van der Waals surface area contributed by atoms with Crippen LogP contribution in [0.4, 0.5) is 0 Å². The number of hydrogen-bond donors (Lipinski definition) is 0. The summed E-state index contributed by atoms with van der Waals surface area (Å²) in [5.41, 5.74) is 2.19. The molecule has 2 heteroatoms. The van der Waals surface area contributed by atoms with Crippen LogP contribution in [0.25, 0.3) is 33.1 Å². The lowest BCUT2D eigenvalue weighted by Gasteiger charge is -2.02. The molecule has 0 saturated heterocycles. The zero-order valence-corrected chi connectivity index (χ0v) is 10.5. The second-order valence-electron chi connectivity index (χ2n) is 4.60. The number of rotatable bonds is 1. The fraction of sp³-hybridized carbons (Fsp3) is 0. The highest BCUT2D eigenvalue weighted by Gasteiger charge is 2.07. The third-order valence-electron chi connectivity index (χ3n) is 3.31. The normalized spacial score (nSPS) is 14.0. The van der Waals surface area contributed by atoms with Gasteiger partial charge >= 0.3 is 0 Å². The number of fused-ring (bicyclic) bond motifs is 3. The third kappa shape index (κ3) is 1.73. The standard InChI is InChI=1S/C18H11BO/c19-14-8-5-12(6-9-14)13-7-10-18-16(11-13)15-3-1-2-4-17(15)20-18/h1-11H/i5D,6D,8D,9D. The third-order valence-corrected chi connectivity index (χ3v) is 3.31. The van der Waals surface area contributed by atoms with Crippen molar-refractivity contribution in [2.45, 2.75) is 0 Å². The molecule has 0 saturated carbocycles. The summed E-state index contributed by atoms with van der Waals surface area (Å²) < 4.78 is 37.9. The average molecular weight is 258 g/mol. The molecular formula is C18H11BO. The topological polar surface area (TPSA) is 13.1 Å². The van der Waals surface area contributed by atoms with Crippen LogP contribution in [-0.2, 0) is 0 Å². The fourth-order valence-electron chi connectivity index (χ4n) is 2.35. The van der Waals surface area contributed by atoms with E-state index in [9.17, 15) is 0 Å². The summed E-state index contributed by atoms with van der Waals surface area (Å²) in [7, 11) is 5.65. The molecular weight excluding hydrogens is 243 g/mol. The highest BCUT2D eigenvalue weighted by molar-refractivity contribution is 6.32. The summed E-state index contributed by atoms with van der Waals surface area (Å²) in [5, 5.41) is 1.82. The molecule has 1 nitrogen and oxygen atoms in total. The van der Waals surface area contributed by atoms with Gasteiger partial charge in [-0.05, 0) is 29.3 Å². The lowest BCUT2D eigenvalue weighted by Crippen LogP contribution is -1.98. The molecule has 0 fully saturated rings. The zero-order chi connectivity index (χ0) is 17.0. The van der Waals surface area contributed by atoms with Gasteiger partial charge in [-0.1, -0.05) is 53.9 Å². The molecule has 3 aromatic carbocycles. The SMILES string of the molecule is [2H]c1c([2H])c(-c2ccc3oc4ccccc4c3c2)c([2H])c([2H])c1[B]. The van der Waals surface area contributed by atoms with Gasteiger partial charge in [0, 0.05) is 10.8 Å². The first-order valence-corrected chi connectivity index (χ1v) is 6.26. The van der Waals surface area contributed by atoms with Crippen LogP contribution in [0, 0.1) is 0 Å². The smallest absolute Gasteiger partial charge is 0.135 e. The van der Waals surface area contributed by atoms with Crippen LogP contribution in [0.1, 0.15) is 5.48 Å². The predicted molar refractivity (Wildman–Crippen MR) is 84.5 cm³/mol. The molecule has 0 bridgehead atoms. The first-order valence-electron chi connectivity index (χ1n) is 8.26. The molecule has 1 aromatic heterocycles. The highest BCUT2D eigenvalue weighted by Crippen LogP contribution is 2.31. The van der Waals surface area contributed by atoms with Crippen molar-refractivity contribution < 1.29 is 9.90 Å². The minimum atomic E-state index is -0.219. The van der Waals surface area contributed by atoms with Crippen LogP contribution in [0.2, 0.25) is 0 Å². The summed E-state index contributed by atoms with van der Waals surface area (Å²) in [6.07, 6.45) is 0. The summed E-state index contributed by atoms with van der Waals surface area (Å²) in [4.78, 5) is 0. The van der Waals surface area contributed by atoms with Gasteiger partial charge in [0.1, 0.15) is 19.0 Å². The monoisotopic (exact) mass is 258 g/mol. The Morgan fingerprint density at radius 3 is 2.40 bits per heavy atom. The second kappa shape index (κ2) is 4.27. The van der Waals surface area contributed by atoms with E-state index in [1.165, 1.54) is 0 Å². The molecule has 0 aliphatic heterocycles. The van der Waals surface area contributed by atoms with E-state index >= 15 is 0 Å². The lowest BCUT2D eigenvalue weighted by atomic mass is 9.93. The van der Waals surface area contributed by atoms with Crippen molar-refractivity contribution in [3.05, 3.63) is 66.6 Å². The Hall–Kier alpha value is -2.48. The van der Waals surface area contributed by atoms with E-state index in [-0.39, 0.29) is 35.2 Å². The summed E-state index contributed by atoms with van der Waals surface area (Å²) in [6, 6.07) is 12.3. The second-order valence-corrected chi connectivity index (χ2v) is 4.60. The van der Waals surface area contributed by atoms with Crippen molar-refractivity contribution in [2.75, 3.05) is 0 Å². The number of furan rings is 1. The Balaban J connectivity index is 2.06. The Bertz CT molecular complexity index is 1090. The lowest BCUT2D eigenvalue weighted by molar-refractivity contribution is 0.669. The Labute approximate surface area is 123 Å². The van der Waals surface area contributed by atoms with Gasteiger partial charge in [-0.15, -0.1) is 0 Å².